The van der Waals surface area contributed by atoms with Crippen LogP contribution in [0.4, 0.5) is 14.5 Å². The van der Waals surface area contributed by atoms with Gasteiger partial charge in [-0.15, -0.1) is 0 Å². The van der Waals surface area contributed by atoms with Crippen molar-refractivity contribution < 1.29 is 13.6 Å². The summed E-state index contributed by atoms with van der Waals surface area (Å²) in [6, 6.07) is 2.98. The lowest BCUT2D eigenvalue weighted by atomic mass is 9.88. The van der Waals surface area contributed by atoms with E-state index in [9.17, 15) is 13.6 Å². The molecule has 1 aromatic carbocycles. The number of hydrogen-bond donors (Lipinski definition) is 2. The van der Waals surface area contributed by atoms with Crippen molar-refractivity contribution in [2.24, 2.45) is 11.8 Å². The molecule has 1 unspecified atom stereocenters. The third-order valence-corrected chi connectivity index (χ3v) is 3.06. The second-order valence-corrected chi connectivity index (χ2v) is 4.35. The van der Waals surface area contributed by atoms with Crippen molar-refractivity contribution in [3.05, 3.63) is 29.8 Å². The molecule has 1 atom stereocenters. The fraction of sp³-hybridized carbons (Fsp3) is 0.417. The van der Waals surface area contributed by atoms with E-state index >= 15 is 0 Å². The normalized spacial score (nSPS) is 17.4. The third-order valence-electron chi connectivity index (χ3n) is 3.06. The molecular weight excluding hydrogens is 226 g/mol. The predicted molar refractivity (Wildman–Crippen MR) is 60.5 cm³/mol. The fourth-order valence-electron chi connectivity index (χ4n) is 1.76. The molecule has 1 amide bonds. The monoisotopic (exact) mass is 240 g/mol. The minimum absolute atomic E-state index is 0.159. The third kappa shape index (κ3) is 2.79. The predicted octanol–water partition coefficient (Wildman–Crippen LogP) is 1.76. The molecule has 92 valence electrons. The number of rotatable bonds is 3. The van der Waals surface area contributed by atoms with Crippen LogP contribution < -0.4 is 10.6 Å². The minimum atomic E-state index is -0.696. The van der Waals surface area contributed by atoms with E-state index in [0.717, 1.165) is 31.3 Å². The van der Waals surface area contributed by atoms with Crippen LogP contribution in [0, 0.1) is 23.5 Å². The summed E-state index contributed by atoms with van der Waals surface area (Å²) in [5, 5.41) is 5.60. The average molecular weight is 240 g/mol. The number of hydrogen-bond acceptors (Lipinski definition) is 2. The number of amides is 1. The molecule has 1 saturated heterocycles. The Balaban J connectivity index is 2.01. The molecule has 1 aliphatic heterocycles. The van der Waals surface area contributed by atoms with Crippen LogP contribution in [0.3, 0.4) is 0 Å². The van der Waals surface area contributed by atoms with Gasteiger partial charge in [-0.1, -0.05) is 6.92 Å². The molecular formula is C12H14F2N2O. The maximum absolute atomic E-state index is 12.9. The second kappa shape index (κ2) is 4.79. The molecule has 2 rings (SSSR count). The zero-order valence-corrected chi connectivity index (χ0v) is 9.47. The van der Waals surface area contributed by atoms with E-state index < -0.39 is 11.6 Å². The summed E-state index contributed by atoms with van der Waals surface area (Å²) in [5.41, 5.74) is 0.159. The van der Waals surface area contributed by atoms with Gasteiger partial charge < -0.3 is 10.6 Å². The van der Waals surface area contributed by atoms with Crippen LogP contribution in [0.2, 0.25) is 0 Å². The molecule has 1 aliphatic rings. The zero-order chi connectivity index (χ0) is 12.4. The van der Waals surface area contributed by atoms with Gasteiger partial charge in [0, 0.05) is 17.7 Å². The molecule has 3 nitrogen and oxygen atoms in total. The van der Waals surface area contributed by atoms with Crippen LogP contribution in [0.5, 0.6) is 0 Å². The molecule has 1 fully saturated rings. The van der Waals surface area contributed by atoms with Gasteiger partial charge in [-0.05, 0) is 31.1 Å². The second-order valence-electron chi connectivity index (χ2n) is 4.35. The topological polar surface area (TPSA) is 41.1 Å². The maximum atomic E-state index is 12.9. The Morgan fingerprint density at radius 3 is 2.41 bits per heavy atom. The Hall–Kier alpha value is -1.49. The molecule has 0 saturated carbocycles. The summed E-state index contributed by atoms with van der Waals surface area (Å²) in [4.78, 5) is 11.8. The number of nitrogens with one attached hydrogen (secondary N) is 2. The standard InChI is InChI=1S/C12H14F2N2O/c1-7(8-5-15-6-8)12(17)16-11-3-9(13)2-10(14)4-11/h2-4,7-8,15H,5-6H2,1H3,(H,16,17). The summed E-state index contributed by atoms with van der Waals surface area (Å²) < 4.78 is 25.8. The van der Waals surface area contributed by atoms with Crippen molar-refractivity contribution in [2.45, 2.75) is 6.92 Å². The van der Waals surface area contributed by atoms with Crippen molar-refractivity contribution in [2.75, 3.05) is 18.4 Å². The van der Waals surface area contributed by atoms with E-state index in [4.69, 9.17) is 0 Å². The van der Waals surface area contributed by atoms with Gasteiger partial charge >= 0.3 is 0 Å². The highest BCUT2D eigenvalue weighted by atomic mass is 19.1. The van der Waals surface area contributed by atoms with Crippen molar-refractivity contribution >= 4 is 11.6 Å². The van der Waals surface area contributed by atoms with Gasteiger partial charge in [0.2, 0.25) is 5.91 Å². The van der Waals surface area contributed by atoms with E-state index in [-0.39, 0.29) is 17.5 Å². The molecule has 0 aromatic heterocycles. The summed E-state index contributed by atoms with van der Waals surface area (Å²) in [5.74, 6) is -1.46. The first-order valence-electron chi connectivity index (χ1n) is 5.54. The molecule has 0 radical (unpaired) electrons. The van der Waals surface area contributed by atoms with Gasteiger partial charge in [-0.3, -0.25) is 4.79 Å². The lowest BCUT2D eigenvalue weighted by Gasteiger charge is -2.31. The van der Waals surface area contributed by atoms with Gasteiger partial charge in [0.25, 0.3) is 0 Å². The molecule has 0 bridgehead atoms. The smallest absolute Gasteiger partial charge is 0.227 e. The van der Waals surface area contributed by atoms with E-state index in [1.165, 1.54) is 0 Å². The Morgan fingerprint density at radius 1 is 1.35 bits per heavy atom. The number of anilines is 1. The van der Waals surface area contributed by atoms with Crippen molar-refractivity contribution in [3.63, 3.8) is 0 Å². The molecule has 5 heteroatoms. The van der Waals surface area contributed by atoms with Crippen LogP contribution in [0.25, 0.3) is 0 Å². The van der Waals surface area contributed by atoms with Gasteiger partial charge in [0.1, 0.15) is 11.6 Å². The van der Waals surface area contributed by atoms with Gasteiger partial charge in [0.05, 0.1) is 0 Å². The minimum Gasteiger partial charge on any atom is -0.326 e. The van der Waals surface area contributed by atoms with E-state index in [1.807, 2.05) is 6.92 Å². The quantitative estimate of drug-likeness (QED) is 0.845. The highest BCUT2D eigenvalue weighted by Crippen LogP contribution is 2.19. The van der Waals surface area contributed by atoms with Crippen molar-refractivity contribution in [1.29, 1.82) is 0 Å². The van der Waals surface area contributed by atoms with Crippen LogP contribution >= 0.6 is 0 Å². The summed E-state index contributed by atoms with van der Waals surface area (Å²) >= 11 is 0. The molecule has 2 N–H and O–H groups in total. The van der Waals surface area contributed by atoms with Crippen LogP contribution in [-0.4, -0.2) is 19.0 Å². The largest absolute Gasteiger partial charge is 0.326 e. The zero-order valence-electron chi connectivity index (χ0n) is 9.47. The Morgan fingerprint density at radius 2 is 1.94 bits per heavy atom. The summed E-state index contributed by atoms with van der Waals surface area (Å²) in [7, 11) is 0. The van der Waals surface area contributed by atoms with Crippen LogP contribution in [0.15, 0.2) is 18.2 Å². The van der Waals surface area contributed by atoms with Crippen molar-refractivity contribution in [1.82, 2.24) is 5.32 Å². The maximum Gasteiger partial charge on any atom is 0.227 e. The first-order valence-corrected chi connectivity index (χ1v) is 5.54. The lowest BCUT2D eigenvalue weighted by molar-refractivity contribution is -0.121. The Kier molecular flexibility index (Phi) is 3.38. The van der Waals surface area contributed by atoms with Gasteiger partial charge in [0.15, 0.2) is 0 Å². The SMILES string of the molecule is CC(C(=O)Nc1cc(F)cc(F)c1)C1CNC1. The van der Waals surface area contributed by atoms with Crippen LogP contribution in [0.1, 0.15) is 6.92 Å². The average Bonchev–Trinajstić information content (AvgIpc) is 2.12. The fourth-order valence-corrected chi connectivity index (χ4v) is 1.76. The first kappa shape index (κ1) is 12.0. The Bertz CT molecular complexity index is 412. The summed E-state index contributed by atoms with van der Waals surface area (Å²) in [6.07, 6.45) is 0. The highest BCUT2D eigenvalue weighted by molar-refractivity contribution is 5.92. The van der Waals surface area contributed by atoms with E-state index in [2.05, 4.69) is 10.6 Å². The lowest BCUT2D eigenvalue weighted by Crippen LogP contribution is -2.48. The van der Waals surface area contributed by atoms with Crippen molar-refractivity contribution in [3.8, 4) is 0 Å². The first-order chi connectivity index (χ1) is 8.06. The number of halogens is 2. The van der Waals surface area contributed by atoms with Crippen LogP contribution in [-0.2, 0) is 4.79 Å². The Labute approximate surface area is 98.2 Å². The molecule has 0 aliphatic carbocycles. The van der Waals surface area contributed by atoms with E-state index in [0.29, 0.717) is 5.92 Å². The molecule has 17 heavy (non-hydrogen) atoms. The molecule has 0 spiro atoms. The van der Waals surface area contributed by atoms with Gasteiger partial charge in [-0.25, -0.2) is 8.78 Å². The number of benzene rings is 1. The highest BCUT2D eigenvalue weighted by Gasteiger charge is 2.28. The summed E-state index contributed by atoms with van der Waals surface area (Å²) in [6.45, 7) is 3.44. The molecule has 1 aromatic rings. The number of carbonyl (C=O) groups excluding carboxylic acids is 1. The van der Waals surface area contributed by atoms with Gasteiger partial charge in [-0.2, -0.15) is 0 Å². The van der Waals surface area contributed by atoms with E-state index in [1.54, 1.807) is 0 Å². The molecule has 1 heterocycles. The number of carbonyl (C=O) groups is 1.